The number of nitrogens with two attached hydrogens (primary N) is 1. The molecule has 1 fully saturated rings. The number of carbonyl (C=O) groups is 1. The first-order valence-corrected chi connectivity index (χ1v) is 8.08. The molecule has 2 aromatic rings. The largest absolute Gasteiger partial charge is 0.382 e. The molecule has 0 spiro atoms. The van der Waals surface area contributed by atoms with Gasteiger partial charge < -0.3 is 10.6 Å². The highest BCUT2D eigenvalue weighted by Gasteiger charge is 2.46. The molecule has 1 aromatic heterocycles. The van der Waals surface area contributed by atoms with Gasteiger partial charge in [0.25, 0.3) is 0 Å². The van der Waals surface area contributed by atoms with E-state index in [9.17, 15) is 4.79 Å². The van der Waals surface area contributed by atoms with Crippen molar-refractivity contribution in [2.24, 2.45) is 5.92 Å². The Morgan fingerprint density at radius 1 is 1.30 bits per heavy atom. The molecular formula is C18H20N4O. The number of hydrogen-bond acceptors (Lipinski definition) is 4. The van der Waals surface area contributed by atoms with Crippen LogP contribution in [0.4, 0.5) is 5.82 Å². The zero-order chi connectivity index (χ0) is 16.0. The molecular weight excluding hydrogens is 288 g/mol. The standard InChI is InChI=1S/C18H20N4O/c1-11-3-2-4-12(7-11)14-9-15(14)18(23)22-6-5-16-13(10-22)8-17(19)21-20-16/h2-4,7-8,14-15H,5-6,9-10H2,1H3,(H2,19,21). The predicted molar refractivity (Wildman–Crippen MR) is 87.6 cm³/mol. The lowest BCUT2D eigenvalue weighted by atomic mass is 10.0. The number of amides is 1. The lowest BCUT2D eigenvalue weighted by Gasteiger charge is -2.28. The van der Waals surface area contributed by atoms with Gasteiger partial charge in [-0.15, -0.1) is 5.10 Å². The summed E-state index contributed by atoms with van der Waals surface area (Å²) in [6.45, 7) is 3.42. The monoisotopic (exact) mass is 308 g/mol. The summed E-state index contributed by atoms with van der Waals surface area (Å²) < 4.78 is 0. The van der Waals surface area contributed by atoms with Gasteiger partial charge in [-0.2, -0.15) is 5.10 Å². The first-order valence-electron chi connectivity index (χ1n) is 8.08. The summed E-state index contributed by atoms with van der Waals surface area (Å²) in [6, 6.07) is 10.3. The lowest BCUT2D eigenvalue weighted by Crippen LogP contribution is -2.37. The van der Waals surface area contributed by atoms with E-state index in [1.807, 2.05) is 11.0 Å². The van der Waals surface area contributed by atoms with Crippen molar-refractivity contribution in [2.45, 2.75) is 32.2 Å². The molecule has 2 heterocycles. The summed E-state index contributed by atoms with van der Waals surface area (Å²) in [5, 5.41) is 8.03. The van der Waals surface area contributed by atoms with Crippen molar-refractivity contribution in [1.29, 1.82) is 0 Å². The number of benzene rings is 1. The molecule has 0 saturated heterocycles. The van der Waals surface area contributed by atoms with Gasteiger partial charge >= 0.3 is 0 Å². The second-order valence-electron chi connectivity index (χ2n) is 6.61. The Hall–Kier alpha value is -2.43. The van der Waals surface area contributed by atoms with Gasteiger partial charge in [0.1, 0.15) is 5.82 Å². The van der Waals surface area contributed by atoms with E-state index in [4.69, 9.17) is 5.73 Å². The quantitative estimate of drug-likeness (QED) is 0.921. The van der Waals surface area contributed by atoms with Crippen LogP contribution in [0, 0.1) is 12.8 Å². The van der Waals surface area contributed by atoms with E-state index in [-0.39, 0.29) is 11.8 Å². The molecule has 23 heavy (non-hydrogen) atoms. The number of nitrogens with zero attached hydrogens (tertiary/aromatic N) is 3. The highest BCUT2D eigenvalue weighted by molar-refractivity contribution is 5.83. The van der Waals surface area contributed by atoms with Gasteiger partial charge in [-0.25, -0.2) is 0 Å². The molecule has 2 N–H and O–H groups in total. The van der Waals surface area contributed by atoms with Crippen LogP contribution >= 0.6 is 0 Å². The molecule has 118 valence electrons. The zero-order valence-corrected chi connectivity index (χ0v) is 13.2. The average molecular weight is 308 g/mol. The maximum atomic E-state index is 12.8. The van der Waals surface area contributed by atoms with Crippen LogP contribution in [0.2, 0.25) is 0 Å². The fourth-order valence-electron chi connectivity index (χ4n) is 3.51. The summed E-state index contributed by atoms with van der Waals surface area (Å²) in [5.74, 6) is 1.19. The molecule has 1 amide bonds. The summed E-state index contributed by atoms with van der Waals surface area (Å²) >= 11 is 0. The van der Waals surface area contributed by atoms with E-state index < -0.39 is 0 Å². The fourth-order valence-corrected chi connectivity index (χ4v) is 3.51. The SMILES string of the molecule is Cc1cccc(C2CC2C(=O)N2CCc3nnc(N)cc3C2)c1. The number of rotatable bonds is 2. The minimum Gasteiger partial charge on any atom is -0.382 e. The zero-order valence-electron chi connectivity index (χ0n) is 13.2. The Morgan fingerprint density at radius 3 is 3.00 bits per heavy atom. The highest BCUT2D eigenvalue weighted by atomic mass is 16.2. The molecule has 5 heteroatoms. The molecule has 2 aliphatic rings. The molecule has 1 aromatic carbocycles. The van der Waals surface area contributed by atoms with E-state index in [0.29, 0.717) is 18.3 Å². The van der Waals surface area contributed by atoms with Crippen molar-refractivity contribution in [2.75, 3.05) is 12.3 Å². The maximum Gasteiger partial charge on any atom is 0.226 e. The number of hydrogen-bond donors (Lipinski definition) is 1. The summed E-state index contributed by atoms with van der Waals surface area (Å²) in [4.78, 5) is 14.7. The molecule has 2 atom stereocenters. The van der Waals surface area contributed by atoms with Crippen molar-refractivity contribution in [3.05, 3.63) is 52.7 Å². The number of aryl methyl sites for hydroxylation is 1. The first-order chi connectivity index (χ1) is 11.1. The van der Waals surface area contributed by atoms with Crippen LogP contribution in [-0.4, -0.2) is 27.5 Å². The van der Waals surface area contributed by atoms with E-state index in [2.05, 4.69) is 41.4 Å². The van der Waals surface area contributed by atoms with E-state index in [0.717, 1.165) is 30.6 Å². The smallest absolute Gasteiger partial charge is 0.226 e. The van der Waals surface area contributed by atoms with Crippen LogP contribution in [0.25, 0.3) is 0 Å². The molecule has 1 saturated carbocycles. The average Bonchev–Trinajstić information content (AvgIpc) is 3.34. The second kappa shape index (κ2) is 5.33. The van der Waals surface area contributed by atoms with Crippen LogP contribution < -0.4 is 5.73 Å². The second-order valence-corrected chi connectivity index (χ2v) is 6.61. The minimum atomic E-state index is 0.130. The molecule has 4 rings (SSSR count). The van der Waals surface area contributed by atoms with Crippen molar-refractivity contribution in [3.63, 3.8) is 0 Å². The fraction of sp³-hybridized carbons (Fsp3) is 0.389. The topological polar surface area (TPSA) is 72.1 Å². The van der Waals surface area contributed by atoms with Gasteiger partial charge in [0.2, 0.25) is 5.91 Å². The van der Waals surface area contributed by atoms with E-state index >= 15 is 0 Å². The van der Waals surface area contributed by atoms with Crippen LogP contribution in [-0.2, 0) is 17.8 Å². The molecule has 0 radical (unpaired) electrons. The lowest BCUT2D eigenvalue weighted by molar-refractivity contribution is -0.133. The third-order valence-electron chi connectivity index (χ3n) is 4.85. The number of aromatic nitrogens is 2. The van der Waals surface area contributed by atoms with Gasteiger partial charge in [0, 0.05) is 25.4 Å². The molecule has 0 bridgehead atoms. The summed E-state index contributed by atoms with van der Waals surface area (Å²) in [5.41, 5.74) is 10.2. The van der Waals surface area contributed by atoms with Gasteiger partial charge in [-0.05, 0) is 36.5 Å². The van der Waals surface area contributed by atoms with Crippen LogP contribution in [0.1, 0.15) is 34.7 Å². The highest BCUT2D eigenvalue weighted by Crippen LogP contribution is 2.48. The Labute approximate surface area is 135 Å². The van der Waals surface area contributed by atoms with E-state index in [1.54, 1.807) is 0 Å². The normalized spacial score (nSPS) is 22.6. The third kappa shape index (κ3) is 2.67. The third-order valence-corrected chi connectivity index (χ3v) is 4.85. The van der Waals surface area contributed by atoms with Gasteiger partial charge in [-0.1, -0.05) is 29.8 Å². The van der Waals surface area contributed by atoms with Crippen molar-refractivity contribution in [1.82, 2.24) is 15.1 Å². The maximum absolute atomic E-state index is 12.8. The van der Waals surface area contributed by atoms with E-state index in [1.165, 1.54) is 11.1 Å². The van der Waals surface area contributed by atoms with Gasteiger partial charge in [0.15, 0.2) is 0 Å². The molecule has 2 unspecified atom stereocenters. The van der Waals surface area contributed by atoms with Crippen molar-refractivity contribution in [3.8, 4) is 0 Å². The van der Waals surface area contributed by atoms with Gasteiger partial charge in [0.05, 0.1) is 5.69 Å². The Morgan fingerprint density at radius 2 is 2.17 bits per heavy atom. The van der Waals surface area contributed by atoms with Crippen LogP contribution in [0.3, 0.4) is 0 Å². The number of nitrogen functional groups attached to an aromatic ring is 1. The summed E-state index contributed by atoms with van der Waals surface area (Å²) in [6.07, 6.45) is 1.72. The molecule has 1 aliphatic carbocycles. The van der Waals surface area contributed by atoms with Crippen molar-refractivity contribution < 1.29 is 4.79 Å². The Bertz CT molecular complexity index is 773. The van der Waals surface area contributed by atoms with Gasteiger partial charge in [-0.3, -0.25) is 4.79 Å². The number of anilines is 1. The minimum absolute atomic E-state index is 0.130. The van der Waals surface area contributed by atoms with Crippen molar-refractivity contribution >= 4 is 11.7 Å². The predicted octanol–water partition coefficient (Wildman–Crippen LogP) is 2.06. The molecule has 5 nitrogen and oxygen atoms in total. The number of carbonyl (C=O) groups excluding carboxylic acids is 1. The Kier molecular flexibility index (Phi) is 3.29. The number of fused-ring (bicyclic) bond motifs is 1. The first kappa shape index (κ1) is 14.2. The molecule has 1 aliphatic heterocycles. The van der Waals surface area contributed by atoms with Crippen LogP contribution in [0.15, 0.2) is 30.3 Å². The Balaban J connectivity index is 1.47. The summed E-state index contributed by atoms with van der Waals surface area (Å²) in [7, 11) is 0. The van der Waals surface area contributed by atoms with Crippen LogP contribution in [0.5, 0.6) is 0 Å².